The smallest absolute Gasteiger partial charge is 0.244 e. The second-order valence-electron chi connectivity index (χ2n) is 5.76. The normalized spacial score (nSPS) is 10.7. The molecule has 0 aromatic heterocycles. The van der Waals surface area contributed by atoms with E-state index in [1.54, 1.807) is 25.3 Å². The number of hydrogen-bond donors (Lipinski definition) is 1. The largest absolute Gasteiger partial charge is 0.493 e. The number of carbonyl (C=O) groups excluding carboxylic acids is 1. The van der Waals surface area contributed by atoms with Crippen LogP contribution in [-0.2, 0) is 11.2 Å². The van der Waals surface area contributed by atoms with Gasteiger partial charge in [-0.3, -0.25) is 4.79 Å². The molecule has 0 spiro atoms. The summed E-state index contributed by atoms with van der Waals surface area (Å²) in [5.74, 6) is 0.882. The van der Waals surface area contributed by atoms with Crippen LogP contribution < -0.4 is 14.8 Å². The van der Waals surface area contributed by atoms with Crippen LogP contribution >= 0.6 is 0 Å². The standard InChI is InChI=1S/C21H24FNO3/c1-3-14-26-19-10-6-17(15-20(19)25-2)7-11-21(24)23-13-12-16-4-8-18(22)9-5-16/h4-11,15H,3,12-14H2,1-2H3,(H,23,24). The fraction of sp³-hybridized carbons (Fsp3) is 0.286. The maximum absolute atomic E-state index is 12.8. The van der Waals surface area contributed by atoms with Crippen LogP contribution in [-0.4, -0.2) is 26.2 Å². The van der Waals surface area contributed by atoms with Crippen LogP contribution in [0.1, 0.15) is 24.5 Å². The van der Waals surface area contributed by atoms with Gasteiger partial charge in [0, 0.05) is 12.6 Å². The van der Waals surface area contributed by atoms with Gasteiger partial charge in [0.05, 0.1) is 13.7 Å². The first-order valence-corrected chi connectivity index (χ1v) is 8.63. The number of nitrogens with one attached hydrogen (secondary N) is 1. The summed E-state index contributed by atoms with van der Waals surface area (Å²) in [6.07, 6.45) is 4.77. The molecule has 0 aliphatic rings. The summed E-state index contributed by atoms with van der Waals surface area (Å²) in [5, 5.41) is 2.81. The summed E-state index contributed by atoms with van der Waals surface area (Å²) in [6, 6.07) is 11.8. The summed E-state index contributed by atoms with van der Waals surface area (Å²) in [4.78, 5) is 11.9. The lowest BCUT2D eigenvalue weighted by molar-refractivity contribution is -0.116. The zero-order chi connectivity index (χ0) is 18.8. The van der Waals surface area contributed by atoms with Crippen LogP contribution in [0, 0.1) is 5.82 Å². The van der Waals surface area contributed by atoms with Crippen LogP contribution in [0.5, 0.6) is 11.5 Å². The molecule has 2 aromatic rings. The molecule has 0 heterocycles. The molecule has 0 unspecified atom stereocenters. The number of rotatable bonds is 9. The SMILES string of the molecule is CCCOc1ccc(C=CC(=O)NCCc2ccc(F)cc2)cc1OC. The molecule has 0 saturated heterocycles. The summed E-state index contributed by atoms with van der Waals surface area (Å²) < 4.78 is 23.8. The van der Waals surface area contributed by atoms with Crippen LogP contribution in [0.2, 0.25) is 0 Å². The molecule has 2 rings (SSSR count). The van der Waals surface area contributed by atoms with Crippen molar-refractivity contribution in [1.82, 2.24) is 5.32 Å². The summed E-state index contributed by atoms with van der Waals surface area (Å²) in [5.41, 5.74) is 1.82. The lowest BCUT2D eigenvalue weighted by Gasteiger charge is -2.10. The van der Waals surface area contributed by atoms with E-state index in [2.05, 4.69) is 5.32 Å². The van der Waals surface area contributed by atoms with Gasteiger partial charge in [0.25, 0.3) is 0 Å². The highest BCUT2D eigenvalue weighted by molar-refractivity contribution is 5.91. The average molecular weight is 357 g/mol. The Bertz CT molecular complexity index is 741. The van der Waals surface area contributed by atoms with E-state index in [1.165, 1.54) is 18.2 Å². The Morgan fingerprint density at radius 1 is 1.15 bits per heavy atom. The number of amides is 1. The molecule has 0 bridgehead atoms. The maximum atomic E-state index is 12.8. The number of benzene rings is 2. The number of ether oxygens (including phenoxy) is 2. The highest BCUT2D eigenvalue weighted by Crippen LogP contribution is 2.28. The Kier molecular flexibility index (Phi) is 7.68. The molecule has 0 saturated carbocycles. The maximum Gasteiger partial charge on any atom is 0.244 e. The lowest BCUT2D eigenvalue weighted by Crippen LogP contribution is -2.23. The van der Waals surface area contributed by atoms with E-state index in [1.807, 2.05) is 25.1 Å². The first kappa shape index (κ1) is 19.5. The molecule has 0 aliphatic carbocycles. The molecule has 138 valence electrons. The van der Waals surface area contributed by atoms with E-state index in [0.717, 1.165) is 17.5 Å². The van der Waals surface area contributed by atoms with E-state index in [-0.39, 0.29) is 11.7 Å². The van der Waals surface area contributed by atoms with Crippen LogP contribution in [0.4, 0.5) is 4.39 Å². The van der Waals surface area contributed by atoms with Crippen molar-refractivity contribution < 1.29 is 18.7 Å². The minimum Gasteiger partial charge on any atom is -0.493 e. The molecule has 5 heteroatoms. The van der Waals surface area contributed by atoms with E-state index < -0.39 is 0 Å². The fourth-order valence-electron chi connectivity index (χ4n) is 2.33. The quantitative estimate of drug-likeness (QED) is 0.690. The van der Waals surface area contributed by atoms with Gasteiger partial charge in [-0.15, -0.1) is 0 Å². The van der Waals surface area contributed by atoms with Gasteiger partial charge < -0.3 is 14.8 Å². The zero-order valence-corrected chi connectivity index (χ0v) is 15.1. The first-order valence-electron chi connectivity index (χ1n) is 8.63. The molecule has 1 amide bonds. The third-order valence-corrected chi connectivity index (χ3v) is 3.70. The van der Waals surface area contributed by atoms with E-state index in [4.69, 9.17) is 9.47 Å². The third-order valence-electron chi connectivity index (χ3n) is 3.70. The van der Waals surface area contributed by atoms with E-state index in [9.17, 15) is 9.18 Å². The Morgan fingerprint density at radius 2 is 1.92 bits per heavy atom. The van der Waals surface area contributed by atoms with Crippen molar-refractivity contribution in [2.24, 2.45) is 0 Å². The molecule has 0 fully saturated rings. The van der Waals surface area contributed by atoms with E-state index in [0.29, 0.717) is 31.1 Å². The Balaban J connectivity index is 1.85. The lowest BCUT2D eigenvalue weighted by atomic mass is 10.1. The zero-order valence-electron chi connectivity index (χ0n) is 15.1. The summed E-state index contributed by atoms with van der Waals surface area (Å²) in [7, 11) is 1.59. The van der Waals surface area contributed by atoms with Gasteiger partial charge >= 0.3 is 0 Å². The van der Waals surface area contributed by atoms with Gasteiger partial charge in [-0.1, -0.05) is 25.1 Å². The summed E-state index contributed by atoms with van der Waals surface area (Å²) in [6.45, 7) is 3.15. The van der Waals surface area contributed by atoms with Crippen molar-refractivity contribution in [3.05, 3.63) is 65.5 Å². The predicted octanol–water partition coefficient (Wildman–Crippen LogP) is 4.00. The molecule has 4 nitrogen and oxygen atoms in total. The first-order chi connectivity index (χ1) is 12.6. The molecular weight excluding hydrogens is 333 g/mol. The number of methoxy groups -OCH3 is 1. The number of halogens is 1. The third kappa shape index (κ3) is 6.24. The highest BCUT2D eigenvalue weighted by Gasteiger charge is 2.04. The predicted molar refractivity (Wildman–Crippen MR) is 101 cm³/mol. The minimum atomic E-state index is -0.262. The second kappa shape index (κ2) is 10.2. The van der Waals surface area contributed by atoms with Crippen molar-refractivity contribution in [3.8, 4) is 11.5 Å². The topological polar surface area (TPSA) is 47.6 Å². The molecular formula is C21H24FNO3. The fourth-order valence-corrected chi connectivity index (χ4v) is 2.33. The Morgan fingerprint density at radius 3 is 2.62 bits per heavy atom. The molecule has 1 N–H and O–H groups in total. The van der Waals surface area contributed by atoms with Gasteiger partial charge in [-0.05, 0) is 54.3 Å². The number of hydrogen-bond acceptors (Lipinski definition) is 3. The molecule has 2 aromatic carbocycles. The van der Waals surface area contributed by atoms with Crippen LogP contribution in [0.3, 0.4) is 0 Å². The Labute approximate surface area is 153 Å². The van der Waals surface area contributed by atoms with Gasteiger partial charge in [0.15, 0.2) is 11.5 Å². The number of carbonyl (C=O) groups is 1. The molecule has 0 atom stereocenters. The summed E-state index contributed by atoms with van der Waals surface area (Å²) >= 11 is 0. The van der Waals surface area contributed by atoms with Gasteiger partial charge in [-0.2, -0.15) is 0 Å². The second-order valence-corrected chi connectivity index (χ2v) is 5.76. The highest BCUT2D eigenvalue weighted by atomic mass is 19.1. The minimum absolute atomic E-state index is 0.183. The van der Waals surface area contributed by atoms with Crippen molar-refractivity contribution in [2.75, 3.05) is 20.3 Å². The van der Waals surface area contributed by atoms with Crippen molar-refractivity contribution in [2.45, 2.75) is 19.8 Å². The molecule has 26 heavy (non-hydrogen) atoms. The van der Waals surface area contributed by atoms with Crippen molar-refractivity contribution in [1.29, 1.82) is 0 Å². The van der Waals surface area contributed by atoms with Gasteiger partial charge in [0.2, 0.25) is 5.91 Å². The van der Waals surface area contributed by atoms with Gasteiger partial charge in [-0.25, -0.2) is 4.39 Å². The molecule has 0 radical (unpaired) electrons. The van der Waals surface area contributed by atoms with Crippen LogP contribution in [0.15, 0.2) is 48.5 Å². The van der Waals surface area contributed by atoms with Crippen molar-refractivity contribution in [3.63, 3.8) is 0 Å². The molecule has 0 aliphatic heterocycles. The van der Waals surface area contributed by atoms with Gasteiger partial charge in [0.1, 0.15) is 5.82 Å². The Hall–Kier alpha value is -2.82. The van der Waals surface area contributed by atoms with E-state index >= 15 is 0 Å². The van der Waals surface area contributed by atoms with Crippen molar-refractivity contribution >= 4 is 12.0 Å². The monoisotopic (exact) mass is 357 g/mol. The average Bonchev–Trinajstić information content (AvgIpc) is 2.66. The van der Waals surface area contributed by atoms with Crippen LogP contribution in [0.25, 0.3) is 6.08 Å².